The fourth-order valence-corrected chi connectivity index (χ4v) is 2.22. The topological polar surface area (TPSA) is 43.0 Å². The van der Waals surface area contributed by atoms with E-state index in [-0.39, 0.29) is 6.04 Å². The summed E-state index contributed by atoms with van der Waals surface area (Å²) < 4.78 is 7.47. The first kappa shape index (κ1) is 12.9. The van der Waals surface area contributed by atoms with Gasteiger partial charge < -0.3 is 9.73 Å². The van der Waals surface area contributed by atoms with Gasteiger partial charge in [0.1, 0.15) is 11.5 Å². The molecule has 2 rings (SSSR count). The first-order valence-corrected chi connectivity index (χ1v) is 6.40. The second-order valence-electron chi connectivity index (χ2n) is 4.70. The first-order chi connectivity index (χ1) is 8.61. The van der Waals surface area contributed by atoms with Crippen molar-refractivity contribution >= 4 is 0 Å². The van der Waals surface area contributed by atoms with Crippen LogP contribution in [0.3, 0.4) is 0 Å². The number of aromatic nitrogens is 2. The standard InChI is InChI=1S/C14H21N3O/c1-5-6-15-14(12-8-16-17(4)9-12)13-7-10(2)18-11(13)3/h7-9,14-15H,5-6H2,1-4H3. The number of hydrogen-bond donors (Lipinski definition) is 1. The monoisotopic (exact) mass is 247 g/mol. The van der Waals surface area contributed by atoms with Crippen molar-refractivity contribution < 1.29 is 4.42 Å². The van der Waals surface area contributed by atoms with E-state index in [1.807, 2.05) is 31.8 Å². The predicted octanol–water partition coefficient (Wildman–Crippen LogP) is 2.72. The maximum absolute atomic E-state index is 5.64. The third kappa shape index (κ3) is 2.64. The van der Waals surface area contributed by atoms with Gasteiger partial charge in [-0.3, -0.25) is 4.68 Å². The molecule has 0 saturated heterocycles. The number of aryl methyl sites for hydroxylation is 3. The highest BCUT2D eigenvalue weighted by molar-refractivity contribution is 5.32. The van der Waals surface area contributed by atoms with Gasteiger partial charge in [-0.05, 0) is 32.9 Å². The van der Waals surface area contributed by atoms with Gasteiger partial charge in [-0.25, -0.2) is 0 Å². The van der Waals surface area contributed by atoms with Crippen LogP contribution in [0.1, 0.15) is 42.0 Å². The van der Waals surface area contributed by atoms with E-state index in [1.54, 1.807) is 0 Å². The fourth-order valence-electron chi connectivity index (χ4n) is 2.22. The molecule has 0 aliphatic heterocycles. The zero-order valence-corrected chi connectivity index (χ0v) is 11.5. The molecule has 2 heterocycles. The van der Waals surface area contributed by atoms with Gasteiger partial charge in [-0.2, -0.15) is 5.10 Å². The largest absolute Gasteiger partial charge is 0.466 e. The summed E-state index contributed by atoms with van der Waals surface area (Å²) in [6.45, 7) is 7.14. The molecule has 0 radical (unpaired) electrons. The van der Waals surface area contributed by atoms with Crippen LogP contribution in [-0.4, -0.2) is 16.3 Å². The van der Waals surface area contributed by atoms with Crippen LogP contribution in [0.5, 0.6) is 0 Å². The normalized spacial score (nSPS) is 12.9. The van der Waals surface area contributed by atoms with E-state index < -0.39 is 0 Å². The Hall–Kier alpha value is -1.55. The summed E-state index contributed by atoms with van der Waals surface area (Å²) in [4.78, 5) is 0. The van der Waals surface area contributed by atoms with Gasteiger partial charge in [0, 0.05) is 24.4 Å². The number of rotatable bonds is 5. The van der Waals surface area contributed by atoms with Gasteiger partial charge in [-0.1, -0.05) is 6.92 Å². The fraction of sp³-hybridized carbons (Fsp3) is 0.500. The quantitative estimate of drug-likeness (QED) is 0.883. The van der Waals surface area contributed by atoms with Gasteiger partial charge in [0.25, 0.3) is 0 Å². The van der Waals surface area contributed by atoms with Crippen LogP contribution in [-0.2, 0) is 7.05 Å². The van der Waals surface area contributed by atoms with Crippen molar-refractivity contribution in [2.45, 2.75) is 33.2 Å². The van der Waals surface area contributed by atoms with Crippen molar-refractivity contribution in [2.75, 3.05) is 6.54 Å². The molecule has 18 heavy (non-hydrogen) atoms. The third-order valence-corrected chi connectivity index (χ3v) is 3.05. The van der Waals surface area contributed by atoms with E-state index in [0.717, 1.165) is 24.5 Å². The molecule has 0 aliphatic carbocycles. The molecule has 0 saturated carbocycles. The van der Waals surface area contributed by atoms with E-state index in [0.29, 0.717) is 0 Å². The van der Waals surface area contributed by atoms with Gasteiger partial charge in [0.15, 0.2) is 0 Å². The summed E-state index contributed by atoms with van der Waals surface area (Å²) in [6.07, 6.45) is 5.07. The second kappa shape index (κ2) is 5.40. The highest BCUT2D eigenvalue weighted by atomic mass is 16.3. The van der Waals surface area contributed by atoms with Crippen LogP contribution in [0.2, 0.25) is 0 Å². The van der Waals surface area contributed by atoms with Crippen molar-refractivity contribution in [2.24, 2.45) is 7.05 Å². The Morgan fingerprint density at radius 1 is 1.44 bits per heavy atom. The number of nitrogens with zero attached hydrogens (tertiary/aromatic N) is 2. The molecule has 2 aromatic heterocycles. The Morgan fingerprint density at radius 2 is 2.22 bits per heavy atom. The molecule has 98 valence electrons. The second-order valence-corrected chi connectivity index (χ2v) is 4.70. The molecule has 0 bridgehead atoms. The highest BCUT2D eigenvalue weighted by Gasteiger charge is 2.19. The SMILES string of the molecule is CCCNC(c1cnn(C)c1)c1cc(C)oc1C. The van der Waals surface area contributed by atoms with Crippen LogP contribution in [0.25, 0.3) is 0 Å². The summed E-state index contributed by atoms with van der Waals surface area (Å²) in [6, 6.07) is 2.27. The lowest BCUT2D eigenvalue weighted by Gasteiger charge is -2.16. The lowest BCUT2D eigenvalue weighted by Crippen LogP contribution is -2.23. The minimum Gasteiger partial charge on any atom is -0.466 e. The van der Waals surface area contributed by atoms with E-state index in [9.17, 15) is 0 Å². The third-order valence-electron chi connectivity index (χ3n) is 3.05. The zero-order chi connectivity index (χ0) is 13.1. The lowest BCUT2D eigenvalue weighted by atomic mass is 10.0. The average molecular weight is 247 g/mol. The summed E-state index contributed by atoms with van der Waals surface area (Å²) in [5.74, 6) is 1.93. The molecular formula is C14H21N3O. The minimum absolute atomic E-state index is 0.163. The Morgan fingerprint density at radius 3 is 2.72 bits per heavy atom. The Balaban J connectivity index is 2.33. The van der Waals surface area contributed by atoms with Crippen LogP contribution in [0, 0.1) is 13.8 Å². The first-order valence-electron chi connectivity index (χ1n) is 6.40. The summed E-state index contributed by atoms with van der Waals surface area (Å²) >= 11 is 0. The van der Waals surface area contributed by atoms with Crippen molar-refractivity contribution in [3.63, 3.8) is 0 Å². The molecule has 0 aromatic carbocycles. The molecule has 0 fully saturated rings. The maximum atomic E-state index is 5.64. The molecule has 0 spiro atoms. The summed E-state index contributed by atoms with van der Waals surface area (Å²) in [5.41, 5.74) is 2.38. The van der Waals surface area contributed by atoms with Crippen molar-refractivity contribution in [1.82, 2.24) is 15.1 Å². The van der Waals surface area contributed by atoms with Crippen LogP contribution < -0.4 is 5.32 Å². The van der Waals surface area contributed by atoms with Crippen molar-refractivity contribution in [1.29, 1.82) is 0 Å². The smallest absolute Gasteiger partial charge is 0.106 e. The molecule has 1 atom stereocenters. The Bertz CT molecular complexity index is 513. The van der Waals surface area contributed by atoms with Gasteiger partial charge in [-0.15, -0.1) is 0 Å². The highest BCUT2D eigenvalue weighted by Crippen LogP contribution is 2.27. The molecule has 0 aliphatic rings. The predicted molar refractivity (Wildman–Crippen MR) is 71.5 cm³/mol. The molecule has 1 N–H and O–H groups in total. The number of hydrogen-bond acceptors (Lipinski definition) is 3. The van der Waals surface area contributed by atoms with Gasteiger partial charge >= 0.3 is 0 Å². The number of furan rings is 1. The van der Waals surface area contributed by atoms with Crippen LogP contribution in [0.4, 0.5) is 0 Å². The van der Waals surface area contributed by atoms with E-state index in [4.69, 9.17) is 4.42 Å². The number of nitrogens with one attached hydrogen (secondary N) is 1. The van der Waals surface area contributed by atoms with Crippen LogP contribution >= 0.6 is 0 Å². The Labute approximate surface area is 108 Å². The maximum Gasteiger partial charge on any atom is 0.106 e. The van der Waals surface area contributed by atoms with Gasteiger partial charge in [0.2, 0.25) is 0 Å². The average Bonchev–Trinajstić information content (AvgIpc) is 2.87. The molecular weight excluding hydrogens is 226 g/mol. The molecule has 0 amide bonds. The molecule has 1 unspecified atom stereocenters. The van der Waals surface area contributed by atoms with Crippen molar-refractivity contribution in [3.05, 3.63) is 41.1 Å². The molecule has 4 nitrogen and oxygen atoms in total. The minimum atomic E-state index is 0.163. The van der Waals surface area contributed by atoms with E-state index in [2.05, 4.69) is 29.6 Å². The van der Waals surface area contributed by atoms with Gasteiger partial charge in [0.05, 0.1) is 12.2 Å². The summed E-state index contributed by atoms with van der Waals surface area (Å²) in [7, 11) is 1.94. The Kier molecular flexibility index (Phi) is 3.87. The lowest BCUT2D eigenvalue weighted by molar-refractivity contribution is 0.493. The van der Waals surface area contributed by atoms with Crippen LogP contribution in [0.15, 0.2) is 22.9 Å². The molecule has 2 aromatic rings. The van der Waals surface area contributed by atoms with Crippen molar-refractivity contribution in [3.8, 4) is 0 Å². The van der Waals surface area contributed by atoms with E-state index in [1.165, 1.54) is 11.1 Å². The zero-order valence-electron chi connectivity index (χ0n) is 11.5. The van der Waals surface area contributed by atoms with E-state index >= 15 is 0 Å². The summed E-state index contributed by atoms with van der Waals surface area (Å²) in [5, 5.41) is 7.81. The molecule has 4 heteroatoms.